The van der Waals surface area contributed by atoms with Crippen molar-refractivity contribution in [3.8, 4) is 0 Å². The van der Waals surface area contributed by atoms with Crippen molar-refractivity contribution in [2.75, 3.05) is 0 Å². The molecule has 0 spiro atoms. The van der Waals surface area contributed by atoms with Gasteiger partial charge < -0.3 is 0 Å². The molecule has 0 atom stereocenters. The summed E-state index contributed by atoms with van der Waals surface area (Å²) in [6.07, 6.45) is 4.28. The third kappa shape index (κ3) is 3.81. The zero-order valence-corrected chi connectivity index (χ0v) is 13.3. The Balaban J connectivity index is 4.03. The second-order valence-electron chi connectivity index (χ2n) is 5.58. The van der Waals surface area contributed by atoms with Crippen LogP contribution in [-0.2, 0) is 0 Å². The van der Waals surface area contributed by atoms with Crippen molar-refractivity contribution in [1.82, 2.24) is 13.7 Å². The van der Waals surface area contributed by atoms with Crippen LogP contribution in [0.3, 0.4) is 0 Å². The van der Waals surface area contributed by atoms with Crippen molar-refractivity contribution in [3.05, 3.63) is 48.2 Å². The summed E-state index contributed by atoms with van der Waals surface area (Å²) in [5.74, 6) is 0. The predicted molar refractivity (Wildman–Crippen MR) is 86.1 cm³/mol. The van der Waals surface area contributed by atoms with E-state index in [1.807, 2.05) is 0 Å². The van der Waals surface area contributed by atoms with Crippen LogP contribution < -0.4 is 17.1 Å². The van der Waals surface area contributed by atoms with Gasteiger partial charge in [-0.2, -0.15) is 0 Å². The lowest BCUT2D eigenvalue weighted by Gasteiger charge is -2.08. The minimum Gasteiger partial charge on any atom is -0.247 e. The Morgan fingerprint density at radius 3 is 0.905 bits per heavy atom. The van der Waals surface area contributed by atoms with E-state index >= 15 is 0 Å². The molecule has 0 unspecified atom stereocenters. The molecule has 1 aromatic heterocycles. The first-order valence-corrected chi connectivity index (χ1v) is 6.59. The number of allylic oxidation sites excluding steroid dienone is 3. The van der Waals surface area contributed by atoms with Crippen molar-refractivity contribution in [2.45, 2.75) is 41.5 Å². The molecule has 0 aliphatic carbocycles. The molecule has 0 saturated heterocycles. The molecule has 1 aromatic rings. The van der Waals surface area contributed by atoms with Crippen LogP contribution in [0.4, 0.5) is 0 Å². The quantitative estimate of drug-likeness (QED) is 0.853. The maximum absolute atomic E-state index is 12.3. The van der Waals surface area contributed by atoms with Gasteiger partial charge in [0.25, 0.3) is 0 Å². The first-order chi connectivity index (χ1) is 9.65. The summed E-state index contributed by atoms with van der Waals surface area (Å²) < 4.78 is 2.82. The summed E-state index contributed by atoms with van der Waals surface area (Å²) in [6, 6.07) is 0. The monoisotopic (exact) mass is 291 g/mol. The van der Waals surface area contributed by atoms with E-state index in [2.05, 4.69) is 0 Å². The molecule has 0 aromatic carbocycles. The Bertz CT molecular complexity index is 662. The second-order valence-corrected chi connectivity index (χ2v) is 5.58. The number of hydrogen-bond acceptors (Lipinski definition) is 3. The van der Waals surface area contributed by atoms with Gasteiger partial charge in [-0.05, 0) is 41.5 Å². The third-order valence-electron chi connectivity index (χ3n) is 2.40. The van der Waals surface area contributed by atoms with Gasteiger partial charge in [0.05, 0.1) is 0 Å². The maximum Gasteiger partial charge on any atom is 0.344 e. The van der Waals surface area contributed by atoms with Crippen LogP contribution in [0.25, 0.3) is 18.6 Å². The Labute approximate surface area is 123 Å². The number of hydrogen-bond donors (Lipinski definition) is 0. The van der Waals surface area contributed by atoms with E-state index in [1.165, 1.54) is 18.6 Å². The summed E-state index contributed by atoms with van der Waals surface area (Å²) in [6.45, 7) is 10.6. The lowest BCUT2D eigenvalue weighted by atomic mass is 10.4. The van der Waals surface area contributed by atoms with E-state index in [0.717, 1.165) is 30.4 Å². The first kappa shape index (κ1) is 16.7. The summed E-state index contributed by atoms with van der Waals surface area (Å²) >= 11 is 0. The topological polar surface area (TPSA) is 66.0 Å². The fourth-order valence-corrected chi connectivity index (χ4v) is 1.70. The average molecular weight is 291 g/mol. The van der Waals surface area contributed by atoms with Crippen molar-refractivity contribution >= 4 is 18.6 Å². The van der Waals surface area contributed by atoms with Crippen molar-refractivity contribution < 1.29 is 0 Å². The zero-order valence-electron chi connectivity index (χ0n) is 13.3. The van der Waals surface area contributed by atoms with Crippen LogP contribution in [0, 0.1) is 0 Å². The number of aromatic nitrogens is 3. The molecule has 1 rings (SSSR count). The normalized spacial score (nSPS) is 10.0. The Kier molecular flexibility index (Phi) is 5.07. The number of rotatable bonds is 3. The van der Waals surface area contributed by atoms with Gasteiger partial charge in [-0.1, -0.05) is 16.7 Å². The fourth-order valence-electron chi connectivity index (χ4n) is 1.70. The molecule has 0 aliphatic heterocycles. The van der Waals surface area contributed by atoms with Crippen LogP contribution in [-0.4, -0.2) is 13.7 Å². The highest BCUT2D eigenvalue weighted by Gasteiger charge is 2.11. The molecule has 6 heteroatoms. The van der Waals surface area contributed by atoms with Gasteiger partial charge >= 0.3 is 17.1 Å². The van der Waals surface area contributed by atoms with E-state index < -0.39 is 17.1 Å². The fraction of sp³-hybridized carbons (Fsp3) is 0.400. The molecule has 0 aliphatic rings. The van der Waals surface area contributed by atoms with Crippen molar-refractivity contribution in [2.24, 2.45) is 0 Å². The lowest BCUT2D eigenvalue weighted by Crippen LogP contribution is -2.50. The molecule has 114 valence electrons. The van der Waals surface area contributed by atoms with E-state index in [-0.39, 0.29) is 0 Å². The van der Waals surface area contributed by atoms with Gasteiger partial charge in [0.2, 0.25) is 0 Å². The van der Waals surface area contributed by atoms with Crippen molar-refractivity contribution in [1.29, 1.82) is 0 Å². The third-order valence-corrected chi connectivity index (χ3v) is 2.40. The first-order valence-electron chi connectivity index (χ1n) is 6.59. The largest absolute Gasteiger partial charge is 0.344 e. The van der Waals surface area contributed by atoms with Gasteiger partial charge in [0.15, 0.2) is 0 Å². The predicted octanol–water partition coefficient (Wildman–Crippen LogP) is 1.81. The minimum absolute atomic E-state index is 0.675. The molecule has 0 amide bonds. The van der Waals surface area contributed by atoms with Crippen LogP contribution >= 0.6 is 0 Å². The van der Waals surface area contributed by atoms with Crippen LogP contribution in [0.15, 0.2) is 31.1 Å². The molecule has 0 radical (unpaired) electrons. The molecule has 6 nitrogen and oxygen atoms in total. The molecule has 0 N–H and O–H groups in total. The molecular formula is C15H21N3O3. The van der Waals surface area contributed by atoms with E-state index in [9.17, 15) is 14.4 Å². The molecule has 21 heavy (non-hydrogen) atoms. The molecule has 0 fully saturated rings. The average Bonchev–Trinajstić information content (AvgIpc) is 2.35. The van der Waals surface area contributed by atoms with Gasteiger partial charge in [-0.3, -0.25) is 0 Å². The lowest BCUT2D eigenvalue weighted by molar-refractivity contribution is 0.704. The van der Waals surface area contributed by atoms with E-state index in [4.69, 9.17) is 0 Å². The molecular weight excluding hydrogens is 270 g/mol. The van der Waals surface area contributed by atoms with Crippen LogP contribution in [0.5, 0.6) is 0 Å². The van der Waals surface area contributed by atoms with Crippen LogP contribution in [0.2, 0.25) is 0 Å². The van der Waals surface area contributed by atoms with Gasteiger partial charge in [-0.25, -0.2) is 28.1 Å². The van der Waals surface area contributed by atoms with Crippen LogP contribution in [0.1, 0.15) is 41.5 Å². The Morgan fingerprint density at radius 2 is 0.762 bits per heavy atom. The van der Waals surface area contributed by atoms with E-state index in [1.54, 1.807) is 41.5 Å². The van der Waals surface area contributed by atoms with Gasteiger partial charge in [-0.15, -0.1) is 0 Å². The van der Waals surface area contributed by atoms with Gasteiger partial charge in [0, 0.05) is 18.6 Å². The SMILES string of the molecule is CC(C)=Cn1c(=O)n(C=C(C)C)c(=O)n(C=C(C)C)c1=O. The highest BCUT2D eigenvalue weighted by Crippen LogP contribution is 1.93. The highest BCUT2D eigenvalue weighted by molar-refractivity contribution is 5.34. The second kappa shape index (κ2) is 6.39. The molecule has 0 bridgehead atoms. The summed E-state index contributed by atoms with van der Waals surface area (Å²) in [5.41, 5.74) is 0.309. The Morgan fingerprint density at radius 1 is 0.571 bits per heavy atom. The molecule has 1 heterocycles. The van der Waals surface area contributed by atoms with E-state index in [0.29, 0.717) is 0 Å². The summed E-state index contributed by atoms with van der Waals surface area (Å²) in [4.78, 5) is 37.0. The smallest absolute Gasteiger partial charge is 0.247 e. The van der Waals surface area contributed by atoms with Crippen molar-refractivity contribution in [3.63, 3.8) is 0 Å². The minimum atomic E-state index is -0.675. The summed E-state index contributed by atoms with van der Waals surface area (Å²) in [5, 5.41) is 0. The Hall–Kier alpha value is -2.37. The standard InChI is InChI=1S/C15H21N3O3/c1-10(2)7-16-13(19)17(8-11(3)4)15(21)18(14(16)20)9-12(5)6/h7-9H,1-6H3. The number of nitrogens with zero attached hydrogens (tertiary/aromatic N) is 3. The summed E-state index contributed by atoms with van der Waals surface area (Å²) in [7, 11) is 0. The van der Waals surface area contributed by atoms with Gasteiger partial charge in [0.1, 0.15) is 0 Å². The molecule has 0 saturated carbocycles. The highest BCUT2D eigenvalue weighted by atomic mass is 16.2. The zero-order chi connectivity index (χ0) is 16.3. The maximum atomic E-state index is 12.3.